The first kappa shape index (κ1) is 16.4. The summed E-state index contributed by atoms with van der Waals surface area (Å²) in [5.74, 6) is -0.267. The van der Waals surface area contributed by atoms with Crippen molar-refractivity contribution in [2.24, 2.45) is 0 Å². The van der Waals surface area contributed by atoms with E-state index in [-0.39, 0.29) is 17.2 Å². The van der Waals surface area contributed by atoms with Gasteiger partial charge in [0.25, 0.3) is 11.5 Å². The quantitative estimate of drug-likeness (QED) is 0.558. The normalized spacial score (nSPS) is 16.1. The Hall–Kier alpha value is -3.81. The molecule has 4 aromatic rings. The Labute approximate surface area is 159 Å². The fraction of sp³-hybridized carbons (Fsp3) is 0.150. The highest BCUT2D eigenvalue weighted by Crippen LogP contribution is 2.33. The second-order valence-electron chi connectivity index (χ2n) is 6.62. The molecule has 0 radical (unpaired) electrons. The van der Waals surface area contributed by atoms with Gasteiger partial charge in [0.15, 0.2) is 5.69 Å². The number of carbonyl (C=O) groups excluding carboxylic acids is 1. The molecule has 8 heteroatoms. The standard InChI is InChI=1S/C20H16N6O2/c27-19-13-6-2-1-5-12(13)16(24-25-19)20(28)26-10-8-14-17(23-11-22-14)18(26)15-7-3-4-9-21-15/h1-7,9,11,18H,8,10H2,(H,22,23)(H,25,27). The zero-order valence-corrected chi connectivity index (χ0v) is 14.8. The molecule has 0 saturated carbocycles. The van der Waals surface area contributed by atoms with Crippen LogP contribution in [0.25, 0.3) is 10.8 Å². The molecule has 1 aliphatic heterocycles. The number of fused-ring (bicyclic) bond motifs is 2. The van der Waals surface area contributed by atoms with Gasteiger partial charge in [-0.05, 0) is 18.2 Å². The van der Waals surface area contributed by atoms with Gasteiger partial charge in [0.2, 0.25) is 0 Å². The second-order valence-corrected chi connectivity index (χ2v) is 6.62. The molecule has 0 spiro atoms. The molecule has 0 aliphatic carbocycles. The number of aromatic nitrogens is 5. The molecule has 2 N–H and O–H groups in total. The maximum atomic E-state index is 13.5. The van der Waals surface area contributed by atoms with Crippen LogP contribution in [0.15, 0.2) is 59.8 Å². The summed E-state index contributed by atoms with van der Waals surface area (Å²) in [7, 11) is 0. The molecule has 0 fully saturated rings. The van der Waals surface area contributed by atoms with E-state index in [2.05, 4.69) is 25.1 Å². The number of benzene rings is 1. The topological polar surface area (TPSA) is 108 Å². The zero-order chi connectivity index (χ0) is 19.1. The maximum Gasteiger partial charge on any atom is 0.275 e. The van der Waals surface area contributed by atoms with Gasteiger partial charge < -0.3 is 9.88 Å². The van der Waals surface area contributed by atoms with E-state index < -0.39 is 6.04 Å². The van der Waals surface area contributed by atoms with Crippen molar-refractivity contribution in [3.8, 4) is 0 Å². The maximum absolute atomic E-state index is 13.5. The number of amides is 1. The molecule has 5 rings (SSSR count). The van der Waals surface area contributed by atoms with Crippen LogP contribution in [0.3, 0.4) is 0 Å². The smallest absolute Gasteiger partial charge is 0.275 e. The molecule has 1 amide bonds. The predicted molar refractivity (Wildman–Crippen MR) is 102 cm³/mol. The minimum Gasteiger partial charge on any atom is -0.348 e. The highest BCUT2D eigenvalue weighted by Gasteiger charge is 2.36. The lowest BCUT2D eigenvalue weighted by atomic mass is 9.98. The molecule has 1 aromatic carbocycles. The van der Waals surface area contributed by atoms with Crippen molar-refractivity contribution < 1.29 is 4.79 Å². The van der Waals surface area contributed by atoms with Crippen molar-refractivity contribution in [1.29, 1.82) is 0 Å². The predicted octanol–water partition coefficient (Wildman–Crippen LogP) is 1.83. The van der Waals surface area contributed by atoms with Crippen molar-refractivity contribution in [3.05, 3.63) is 88.1 Å². The van der Waals surface area contributed by atoms with E-state index in [0.717, 1.165) is 17.1 Å². The van der Waals surface area contributed by atoms with Crippen molar-refractivity contribution in [1.82, 2.24) is 30.0 Å². The zero-order valence-electron chi connectivity index (χ0n) is 14.8. The first-order chi connectivity index (χ1) is 13.7. The van der Waals surface area contributed by atoms with Crippen LogP contribution in [-0.2, 0) is 6.42 Å². The van der Waals surface area contributed by atoms with Gasteiger partial charge in [-0.1, -0.05) is 24.3 Å². The van der Waals surface area contributed by atoms with Crippen LogP contribution in [0.2, 0.25) is 0 Å². The van der Waals surface area contributed by atoms with Crippen LogP contribution in [0.1, 0.15) is 33.6 Å². The SMILES string of the molecule is O=C(c1n[nH]c(=O)c2ccccc12)N1CCc2[nH]cnc2C1c1ccccn1. The number of carbonyl (C=O) groups is 1. The average molecular weight is 372 g/mol. The average Bonchev–Trinajstić information content (AvgIpc) is 3.22. The van der Waals surface area contributed by atoms with E-state index in [0.29, 0.717) is 23.7 Å². The van der Waals surface area contributed by atoms with Gasteiger partial charge in [-0.3, -0.25) is 14.6 Å². The molecule has 3 aromatic heterocycles. The van der Waals surface area contributed by atoms with Gasteiger partial charge in [0, 0.05) is 30.2 Å². The third-order valence-corrected chi connectivity index (χ3v) is 5.05. The lowest BCUT2D eigenvalue weighted by molar-refractivity contribution is 0.0682. The third kappa shape index (κ3) is 2.50. The number of H-pyrrole nitrogens is 2. The van der Waals surface area contributed by atoms with Gasteiger partial charge in [0.05, 0.1) is 23.1 Å². The van der Waals surface area contributed by atoms with Crippen LogP contribution in [-0.4, -0.2) is 42.5 Å². The number of aromatic amines is 2. The molecular formula is C20H16N6O2. The molecule has 0 saturated heterocycles. The lowest BCUT2D eigenvalue weighted by Gasteiger charge is -2.34. The van der Waals surface area contributed by atoms with E-state index in [4.69, 9.17) is 0 Å². The fourth-order valence-corrected chi connectivity index (χ4v) is 3.75. The minimum absolute atomic E-state index is 0.218. The molecule has 1 unspecified atom stereocenters. The summed E-state index contributed by atoms with van der Waals surface area (Å²) in [4.78, 5) is 39.4. The Balaban J connectivity index is 1.65. The van der Waals surface area contributed by atoms with Gasteiger partial charge in [0.1, 0.15) is 6.04 Å². The van der Waals surface area contributed by atoms with Crippen molar-refractivity contribution in [2.45, 2.75) is 12.5 Å². The summed E-state index contributed by atoms with van der Waals surface area (Å²) < 4.78 is 0. The van der Waals surface area contributed by atoms with Crippen molar-refractivity contribution >= 4 is 16.7 Å². The Morgan fingerprint density at radius 1 is 1.07 bits per heavy atom. The molecule has 28 heavy (non-hydrogen) atoms. The summed E-state index contributed by atoms with van der Waals surface area (Å²) >= 11 is 0. The summed E-state index contributed by atoms with van der Waals surface area (Å²) in [6.07, 6.45) is 4.00. The Bertz CT molecular complexity index is 1230. The number of pyridine rings is 1. The van der Waals surface area contributed by atoms with Gasteiger partial charge in [-0.15, -0.1) is 0 Å². The number of hydrogen-bond donors (Lipinski definition) is 2. The minimum atomic E-state index is -0.420. The van der Waals surface area contributed by atoms with E-state index in [1.807, 2.05) is 18.2 Å². The van der Waals surface area contributed by atoms with Crippen LogP contribution in [0, 0.1) is 0 Å². The van der Waals surface area contributed by atoms with E-state index in [9.17, 15) is 9.59 Å². The summed E-state index contributed by atoms with van der Waals surface area (Å²) in [5, 5.41) is 7.49. The molecular weight excluding hydrogens is 356 g/mol. The largest absolute Gasteiger partial charge is 0.348 e. The summed E-state index contributed by atoms with van der Waals surface area (Å²) in [5.41, 5.74) is 2.42. The summed E-state index contributed by atoms with van der Waals surface area (Å²) in [6, 6.07) is 12.2. The number of imidazole rings is 1. The lowest BCUT2D eigenvalue weighted by Crippen LogP contribution is -2.41. The van der Waals surface area contributed by atoms with Gasteiger partial charge in [-0.25, -0.2) is 10.1 Å². The first-order valence-corrected chi connectivity index (χ1v) is 8.95. The molecule has 1 aliphatic rings. The van der Waals surface area contributed by atoms with Crippen molar-refractivity contribution in [2.75, 3.05) is 6.54 Å². The molecule has 8 nitrogen and oxygen atoms in total. The first-order valence-electron chi connectivity index (χ1n) is 8.95. The van der Waals surface area contributed by atoms with Crippen LogP contribution < -0.4 is 5.56 Å². The monoisotopic (exact) mass is 372 g/mol. The van der Waals surface area contributed by atoms with Gasteiger partial charge >= 0.3 is 0 Å². The van der Waals surface area contributed by atoms with E-state index >= 15 is 0 Å². The highest BCUT2D eigenvalue weighted by atomic mass is 16.2. The van der Waals surface area contributed by atoms with Crippen LogP contribution in [0.5, 0.6) is 0 Å². The number of nitrogens with one attached hydrogen (secondary N) is 2. The molecule has 0 bridgehead atoms. The Morgan fingerprint density at radius 3 is 2.71 bits per heavy atom. The third-order valence-electron chi connectivity index (χ3n) is 5.05. The van der Waals surface area contributed by atoms with Crippen LogP contribution >= 0.6 is 0 Å². The number of rotatable bonds is 2. The molecule has 1 atom stereocenters. The van der Waals surface area contributed by atoms with Gasteiger partial charge in [-0.2, -0.15) is 5.10 Å². The van der Waals surface area contributed by atoms with E-state index in [1.54, 1.807) is 41.7 Å². The van der Waals surface area contributed by atoms with Crippen molar-refractivity contribution in [3.63, 3.8) is 0 Å². The molecule has 138 valence electrons. The second kappa shape index (κ2) is 6.41. The highest BCUT2D eigenvalue weighted by molar-refractivity contribution is 6.05. The molecule has 4 heterocycles. The van der Waals surface area contributed by atoms with Crippen LogP contribution in [0.4, 0.5) is 0 Å². The van der Waals surface area contributed by atoms with E-state index in [1.165, 1.54) is 0 Å². The number of nitrogens with zero attached hydrogens (tertiary/aromatic N) is 4. The fourth-order valence-electron chi connectivity index (χ4n) is 3.75. The summed E-state index contributed by atoms with van der Waals surface area (Å²) in [6.45, 7) is 0.490. The Kier molecular flexibility index (Phi) is 3.75. The number of hydrogen-bond acceptors (Lipinski definition) is 5. The Morgan fingerprint density at radius 2 is 1.89 bits per heavy atom.